The lowest BCUT2D eigenvalue weighted by atomic mass is 10.0. The quantitative estimate of drug-likeness (QED) is 0.0613. The first-order chi connectivity index (χ1) is 17.0. The zero-order valence-electron chi connectivity index (χ0n) is 21.0. The molecule has 0 rings (SSSR count). The number of rotatable bonds is 22. The molecule has 222 valence electrons. The van der Waals surface area contributed by atoms with Crippen LogP contribution in [0.2, 0.25) is 0 Å². The number of hydrogen-bond acceptors (Lipinski definition) is 4. The van der Waals surface area contributed by atoms with E-state index in [1.165, 1.54) is 38.5 Å². The predicted molar refractivity (Wildman–Crippen MR) is 122 cm³/mol. The standard InChI is InChI=1S/C23H38F8O5S/c1-2-3-4-5-6-7-8-9-10-11-12-13-14-15-16-18(37(33,34)35)19(32)36-17-21(26,27)23(30,31)22(28,29)20(24)25/h18,20H,2-17H2,1H3,(H,33,34,35). The Bertz CT molecular complexity index is 747. The van der Waals surface area contributed by atoms with Crippen molar-refractivity contribution in [1.29, 1.82) is 0 Å². The Labute approximate surface area is 213 Å². The van der Waals surface area contributed by atoms with Crippen molar-refractivity contribution < 1.29 is 57.6 Å². The SMILES string of the molecule is CCCCCCCCCCCCCCCCC(C(=O)OCC(F)(F)C(F)(F)C(F)(F)C(F)F)S(=O)(=O)O. The summed E-state index contributed by atoms with van der Waals surface area (Å²) in [5.74, 6) is -21.1. The van der Waals surface area contributed by atoms with Crippen molar-refractivity contribution in [2.45, 2.75) is 133 Å². The molecule has 0 saturated carbocycles. The highest BCUT2D eigenvalue weighted by atomic mass is 32.2. The number of alkyl halides is 8. The molecule has 0 heterocycles. The smallest absolute Gasteiger partial charge is 0.381 e. The minimum absolute atomic E-state index is 0.0350. The molecule has 0 amide bonds. The fourth-order valence-corrected chi connectivity index (χ4v) is 4.41. The Balaban J connectivity index is 4.43. The van der Waals surface area contributed by atoms with E-state index in [0.717, 1.165) is 32.1 Å². The number of unbranched alkanes of at least 4 members (excludes halogenated alkanes) is 13. The molecule has 0 radical (unpaired) electrons. The zero-order chi connectivity index (χ0) is 28.8. The van der Waals surface area contributed by atoms with E-state index in [0.29, 0.717) is 12.8 Å². The molecule has 0 bridgehead atoms. The van der Waals surface area contributed by atoms with Gasteiger partial charge in [-0.15, -0.1) is 0 Å². The van der Waals surface area contributed by atoms with Crippen molar-refractivity contribution in [3.8, 4) is 0 Å². The van der Waals surface area contributed by atoms with Gasteiger partial charge in [0.1, 0.15) is 0 Å². The van der Waals surface area contributed by atoms with Gasteiger partial charge in [-0.25, -0.2) is 8.78 Å². The van der Waals surface area contributed by atoms with Gasteiger partial charge in [-0.1, -0.05) is 96.8 Å². The van der Waals surface area contributed by atoms with Crippen LogP contribution in [0.25, 0.3) is 0 Å². The second-order valence-corrected chi connectivity index (χ2v) is 10.8. The van der Waals surface area contributed by atoms with Gasteiger partial charge in [-0.3, -0.25) is 9.35 Å². The van der Waals surface area contributed by atoms with Gasteiger partial charge in [0.15, 0.2) is 11.9 Å². The Kier molecular flexibility index (Phi) is 16.2. The molecular formula is C23H38F8O5S. The van der Waals surface area contributed by atoms with Crippen LogP contribution in [-0.2, 0) is 19.6 Å². The molecule has 1 atom stereocenters. The first-order valence-corrected chi connectivity index (χ1v) is 14.1. The van der Waals surface area contributed by atoms with E-state index >= 15 is 0 Å². The highest BCUT2D eigenvalue weighted by Gasteiger charge is 2.75. The topological polar surface area (TPSA) is 80.7 Å². The summed E-state index contributed by atoms with van der Waals surface area (Å²) in [7, 11) is -5.20. The summed E-state index contributed by atoms with van der Waals surface area (Å²) < 4.78 is 139. The molecule has 0 aliphatic carbocycles. The van der Waals surface area contributed by atoms with Crippen molar-refractivity contribution in [1.82, 2.24) is 0 Å². The van der Waals surface area contributed by atoms with Gasteiger partial charge in [0.05, 0.1) is 0 Å². The molecule has 37 heavy (non-hydrogen) atoms. The summed E-state index contributed by atoms with van der Waals surface area (Å²) in [5, 5.41) is -2.41. The number of carbonyl (C=O) groups is 1. The van der Waals surface area contributed by atoms with E-state index in [-0.39, 0.29) is 6.42 Å². The van der Waals surface area contributed by atoms with Gasteiger partial charge in [0.2, 0.25) is 0 Å². The Morgan fingerprint density at radius 3 is 1.49 bits per heavy atom. The van der Waals surface area contributed by atoms with Gasteiger partial charge < -0.3 is 4.74 Å². The molecule has 5 nitrogen and oxygen atoms in total. The maximum Gasteiger partial charge on any atom is 0.381 e. The maximum atomic E-state index is 13.5. The van der Waals surface area contributed by atoms with Gasteiger partial charge >= 0.3 is 30.2 Å². The number of carbonyl (C=O) groups excluding carboxylic acids is 1. The lowest BCUT2D eigenvalue weighted by Crippen LogP contribution is -2.59. The number of esters is 1. The Hall–Kier alpha value is -1.18. The van der Waals surface area contributed by atoms with Gasteiger partial charge in [-0.05, 0) is 6.42 Å². The van der Waals surface area contributed by atoms with Crippen LogP contribution in [0, 0.1) is 0 Å². The van der Waals surface area contributed by atoms with Crippen LogP contribution < -0.4 is 0 Å². The van der Waals surface area contributed by atoms with Crippen molar-refractivity contribution in [2.24, 2.45) is 0 Å². The average molecular weight is 579 g/mol. The third-order valence-electron chi connectivity index (χ3n) is 5.99. The van der Waals surface area contributed by atoms with E-state index < -0.39 is 58.6 Å². The van der Waals surface area contributed by atoms with E-state index in [9.17, 15) is 48.3 Å². The van der Waals surface area contributed by atoms with E-state index in [4.69, 9.17) is 4.55 Å². The second-order valence-electron chi connectivity index (χ2n) is 9.20. The van der Waals surface area contributed by atoms with Gasteiger partial charge in [0.25, 0.3) is 10.1 Å². The summed E-state index contributed by atoms with van der Waals surface area (Å²) in [5.41, 5.74) is 0. The minimum atomic E-state index is -6.60. The van der Waals surface area contributed by atoms with Crippen LogP contribution in [0.5, 0.6) is 0 Å². The maximum absolute atomic E-state index is 13.5. The largest absolute Gasteiger partial charge is 0.458 e. The number of ether oxygens (including phenoxy) is 1. The lowest BCUT2D eigenvalue weighted by Gasteiger charge is -2.31. The number of hydrogen-bond donors (Lipinski definition) is 1. The first kappa shape index (κ1) is 35.8. The van der Waals surface area contributed by atoms with Crippen LogP contribution in [0.4, 0.5) is 35.1 Å². The zero-order valence-corrected chi connectivity index (χ0v) is 21.8. The van der Waals surface area contributed by atoms with Crippen molar-refractivity contribution in [3.63, 3.8) is 0 Å². The van der Waals surface area contributed by atoms with E-state index in [1.54, 1.807) is 0 Å². The molecule has 0 aliphatic heterocycles. The van der Waals surface area contributed by atoms with Gasteiger partial charge in [-0.2, -0.15) is 34.8 Å². The van der Waals surface area contributed by atoms with Gasteiger partial charge in [0, 0.05) is 0 Å². The molecule has 14 heteroatoms. The van der Waals surface area contributed by atoms with Crippen LogP contribution in [0.3, 0.4) is 0 Å². The molecular weight excluding hydrogens is 540 g/mol. The molecule has 1 unspecified atom stereocenters. The highest BCUT2D eigenvalue weighted by molar-refractivity contribution is 7.87. The third kappa shape index (κ3) is 12.5. The fourth-order valence-electron chi connectivity index (χ4n) is 3.64. The molecule has 0 aromatic carbocycles. The van der Waals surface area contributed by atoms with E-state index in [2.05, 4.69) is 11.7 Å². The first-order valence-electron chi connectivity index (χ1n) is 12.6. The molecule has 0 fully saturated rings. The fraction of sp³-hybridized carbons (Fsp3) is 0.957. The van der Waals surface area contributed by atoms with Crippen molar-refractivity contribution in [2.75, 3.05) is 6.61 Å². The highest BCUT2D eigenvalue weighted by Crippen LogP contribution is 2.48. The third-order valence-corrected chi connectivity index (χ3v) is 7.14. The van der Waals surface area contributed by atoms with Crippen LogP contribution in [0.1, 0.15) is 103 Å². The lowest BCUT2D eigenvalue weighted by molar-refractivity contribution is -0.344. The molecule has 0 aromatic heterocycles. The van der Waals surface area contributed by atoms with E-state index in [1.807, 2.05) is 0 Å². The Morgan fingerprint density at radius 2 is 1.14 bits per heavy atom. The monoisotopic (exact) mass is 578 g/mol. The summed E-state index contributed by atoms with van der Waals surface area (Å²) in [6.45, 7) is -0.624. The average Bonchev–Trinajstić information content (AvgIpc) is 2.79. The molecule has 0 saturated heterocycles. The predicted octanol–water partition coefficient (Wildman–Crippen LogP) is 7.83. The minimum Gasteiger partial charge on any atom is -0.458 e. The molecule has 0 spiro atoms. The Morgan fingerprint density at radius 1 is 0.757 bits per heavy atom. The van der Waals surface area contributed by atoms with Crippen molar-refractivity contribution in [3.05, 3.63) is 0 Å². The summed E-state index contributed by atoms with van der Waals surface area (Å²) in [6, 6.07) is 0. The molecule has 0 aromatic rings. The second kappa shape index (κ2) is 16.7. The van der Waals surface area contributed by atoms with Crippen LogP contribution in [-0.4, -0.2) is 55.0 Å². The van der Waals surface area contributed by atoms with Crippen molar-refractivity contribution >= 4 is 16.1 Å². The summed E-state index contributed by atoms with van der Waals surface area (Å²) >= 11 is 0. The number of halogens is 8. The normalized spacial score (nSPS) is 14.2. The summed E-state index contributed by atoms with van der Waals surface area (Å²) in [6.07, 6.45) is 7.76. The molecule has 0 aliphatic rings. The molecule has 1 N–H and O–H groups in total. The summed E-state index contributed by atoms with van der Waals surface area (Å²) in [4.78, 5) is 11.8. The van der Waals surface area contributed by atoms with Crippen LogP contribution >= 0.6 is 0 Å². The van der Waals surface area contributed by atoms with Crippen LogP contribution in [0.15, 0.2) is 0 Å².